The Labute approximate surface area is 566 Å². The molecule has 4 aliphatic heterocycles. The first-order valence-electron chi connectivity index (χ1n) is 35.4. The summed E-state index contributed by atoms with van der Waals surface area (Å²) in [7, 11) is 5.23. The smallest absolute Gasteiger partial charge is 0.189 e. The number of aliphatic imine (C=N–C) groups is 1. The molecule has 1 spiro atoms. The molecule has 12 N–H and O–H groups in total. The van der Waals surface area contributed by atoms with Crippen molar-refractivity contribution in [2.45, 2.75) is 147 Å². The number of guanidine groups is 1. The van der Waals surface area contributed by atoms with E-state index < -0.39 is 12.7 Å². The van der Waals surface area contributed by atoms with Crippen molar-refractivity contribution in [2.24, 2.45) is 80.6 Å². The average Bonchev–Trinajstić information content (AvgIpc) is 1.53. The molecule has 1 saturated heterocycles. The normalized spacial score (nSPS) is 31.3. The molecular formula is C78H104N8O6S2. The minimum atomic E-state index is -0.488. The number of carbonyl (C=O) groups excluding carboxylic acids is 2. The number of hydrogen-bond donors (Lipinski definition) is 10. The molecule has 15 unspecified atom stereocenters. The Morgan fingerprint density at radius 1 is 0.872 bits per heavy atom. The third-order valence-corrected chi connectivity index (χ3v) is 25.7. The van der Waals surface area contributed by atoms with Crippen molar-refractivity contribution < 1.29 is 29.6 Å². The third kappa shape index (κ3) is 16.3. The van der Waals surface area contributed by atoms with Crippen LogP contribution in [0.5, 0.6) is 11.5 Å². The van der Waals surface area contributed by atoms with Gasteiger partial charge in [0.05, 0.1) is 38.3 Å². The molecule has 12 rings (SSSR count). The van der Waals surface area contributed by atoms with E-state index in [0.717, 1.165) is 127 Å². The second-order valence-corrected chi connectivity index (χ2v) is 31.8. The largest absolute Gasteiger partial charge is 0.504 e. The highest BCUT2D eigenvalue weighted by Crippen LogP contribution is 2.71. The van der Waals surface area contributed by atoms with E-state index in [1.807, 2.05) is 23.9 Å². The molecule has 4 heterocycles. The van der Waals surface area contributed by atoms with Gasteiger partial charge in [0.25, 0.3) is 0 Å². The van der Waals surface area contributed by atoms with Gasteiger partial charge in [0.1, 0.15) is 5.78 Å². The number of Topliss-reactive ketones (excluding diaryl/α,β-unsaturated/α-hetero) is 1. The summed E-state index contributed by atoms with van der Waals surface area (Å²) in [5.41, 5.74) is 22.0. The number of aryl methyl sites for hydroxylation is 3. The Balaban J connectivity index is 0.790. The van der Waals surface area contributed by atoms with Crippen LogP contribution in [-0.2, 0) is 41.7 Å². The van der Waals surface area contributed by atoms with Crippen molar-refractivity contribution >= 4 is 44.7 Å². The summed E-state index contributed by atoms with van der Waals surface area (Å²) in [5.74, 6) is 6.02. The number of allylic oxidation sites excluding steroid dienone is 3. The quantitative estimate of drug-likeness (QED) is 0.0136. The summed E-state index contributed by atoms with van der Waals surface area (Å²) < 4.78 is 5.64. The van der Waals surface area contributed by atoms with Crippen LogP contribution in [0.2, 0.25) is 0 Å². The molecule has 15 atom stereocenters. The first kappa shape index (κ1) is 68.3. The number of hydrogen-bond acceptors (Lipinski definition) is 16. The third-order valence-electron chi connectivity index (χ3n) is 23.5. The zero-order chi connectivity index (χ0) is 65.2. The molecule has 4 aliphatic carbocycles. The van der Waals surface area contributed by atoms with Crippen LogP contribution in [0.4, 0.5) is 0 Å². The molecule has 16 heteroatoms. The van der Waals surface area contributed by atoms with Gasteiger partial charge in [0.15, 0.2) is 23.2 Å². The van der Waals surface area contributed by atoms with Gasteiger partial charge in [-0.25, -0.2) is 4.99 Å². The predicted molar refractivity (Wildman–Crippen MR) is 383 cm³/mol. The molecule has 0 bridgehead atoms. The van der Waals surface area contributed by atoms with Crippen LogP contribution >= 0.6 is 21.6 Å². The molecule has 504 valence electrons. The van der Waals surface area contributed by atoms with E-state index in [1.54, 1.807) is 22.9 Å². The van der Waals surface area contributed by atoms with E-state index in [-0.39, 0.29) is 58.4 Å². The Morgan fingerprint density at radius 2 is 1.65 bits per heavy atom. The van der Waals surface area contributed by atoms with Crippen LogP contribution in [0.1, 0.15) is 124 Å². The standard InChI is InChI=1S/C78H104N8O6S2/c1-50(88)43-83-73-42-77(41-68-66-25-28-81-44-61(66)32-57-17-10-27-82-75(57)68)39-55(21-23-72(77)78(73)26-24-58(40-78)69-46-85-76(80)86-49-94-93-48-63(69)30-52-13-7-4-8-14-52)31-64(89)37-65(90)34-62(47-87)67-38-71(92-2)70(91)35-59(67)33-60-45-84-74(79)36-56(60)22-20-54-16-9-15-53(29-54)19-18-51-11-5-3-6-12-51/h3-17,29,34-36,38,45,50,55,57-58,61,63,66,68-69,72-75,81-84,87-88,91H,18-28,30-33,37,39-44,46-49,79H2,1-2H3,(H3,80,85,86). The van der Waals surface area contributed by atoms with E-state index in [2.05, 4.69) is 135 Å². The highest BCUT2D eigenvalue weighted by Gasteiger charge is 2.66. The van der Waals surface area contributed by atoms with Gasteiger partial charge in [0.2, 0.25) is 0 Å². The fourth-order valence-corrected chi connectivity index (χ4v) is 21.6. The minimum Gasteiger partial charge on any atom is -0.504 e. The fraction of sp³-hybridized carbons (Fsp3) is 0.551. The van der Waals surface area contributed by atoms with Gasteiger partial charge in [-0.15, -0.1) is 0 Å². The zero-order valence-corrected chi connectivity index (χ0v) is 57.1. The molecule has 5 fully saturated rings. The summed E-state index contributed by atoms with van der Waals surface area (Å²) >= 11 is 0. The SMILES string of the molecule is COc1cc(C(=CC(=O)CC(=O)CC2CCC3C(CC4C5CCNCC5CC5C=CCNC54)(C2)CC(NCC(C)O)C32CCC(C3CNC(N)=NCSSCC3Cc3ccccc3)C2)CO)c(CC2=CNC(N)C=C2CCc2cccc(CCc3ccccc3)c2)cc1O. The Morgan fingerprint density at radius 3 is 2.44 bits per heavy atom. The van der Waals surface area contributed by atoms with Crippen molar-refractivity contribution in [1.29, 1.82) is 0 Å². The maximum absolute atomic E-state index is 14.8. The van der Waals surface area contributed by atoms with Crippen LogP contribution < -0.4 is 42.8 Å². The zero-order valence-electron chi connectivity index (χ0n) is 55.5. The minimum absolute atomic E-state index is 0.00557. The number of aromatic hydroxyl groups is 1. The van der Waals surface area contributed by atoms with Crippen LogP contribution in [0.15, 0.2) is 144 Å². The second kappa shape index (κ2) is 31.7. The summed E-state index contributed by atoms with van der Waals surface area (Å²) in [6, 6.07) is 34.4. The first-order chi connectivity index (χ1) is 45.7. The number of fused-ring (bicyclic) bond motifs is 4. The lowest BCUT2D eigenvalue weighted by Crippen LogP contribution is -2.57. The van der Waals surface area contributed by atoms with E-state index in [9.17, 15) is 24.9 Å². The number of methoxy groups -OCH3 is 1. The molecular weight excluding hydrogens is 1210 g/mol. The molecule has 94 heavy (non-hydrogen) atoms. The lowest BCUT2D eigenvalue weighted by molar-refractivity contribution is -0.126. The molecule has 4 saturated carbocycles. The number of dihydropyridines is 1. The van der Waals surface area contributed by atoms with Crippen molar-refractivity contribution in [3.05, 3.63) is 172 Å². The number of phenols is 1. The van der Waals surface area contributed by atoms with Crippen molar-refractivity contribution in [3.63, 3.8) is 0 Å². The number of aliphatic hydroxyl groups excluding tert-OH is 2. The maximum Gasteiger partial charge on any atom is 0.189 e. The number of nitrogens with one attached hydrogen (secondary N) is 5. The first-order valence-corrected chi connectivity index (χ1v) is 37.9. The number of aliphatic hydroxyl groups is 2. The fourth-order valence-electron chi connectivity index (χ4n) is 19.5. The summed E-state index contributed by atoms with van der Waals surface area (Å²) in [4.78, 5) is 34.0. The van der Waals surface area contributed by atoms with E-state index in [0.29, 0.717) is 101 Å². The number of nitrogens with two attached hydrogens (primary N) is 2. The molecule has 4 aromatic carbocycles. The Hall–Kier alpha value is -5.69. The number of nitrogens with zero attached hydrogens (tertiary/aromatic N) is 1. The number of rotatable bonds is 24. The predicted octanol–water partition coefficient (Wildman–Crippen LogP) is 10.8. The van der Waals surface area contributed by atoms with Crippen molar-refractivity contribution in [1.82, 2.24) is 26.6 Å². The van der Waals surface area contributed by atoms with Gasteiger partial charge in [-0.3, -0.25) is 9.59 Å². The maximum atomic E-state index is 14.8. The molecule has 0 radical (unpaired) electrons. The Kier molecular flexibility index (Phi) is 23.0. The lowest BCUT2D eigenvalue weighted by Gasteiger charge is -2.55. The van der Waals surface area contributed by atoms with Gasteiger partial charge < -0.3 is 58.1 Å². The van der Waals surface area contributed by atoms with E-state index in [1.165, 1.54) is 48.3 Å². The van der Waals surface area contributed by atoms with Crippen molar-refractivity contribution in [3.8, 4) is 11.5 Å². The van der Waals surface area contributed by atoms with Crippen LogP contribution in [0.25, 0.3) is 5.57 Å². The number of ketones is 2. The molecule has 0 amide bonds. The van der Waals surface area contributed by atoms with Gasteiger partial charge >= 0.3 is 0 Å². The summed E-state index contributed by atoms with van der Waals surface area (Å²) in [6.07, 6.45) is 25.2. The van der Waals surface area contributed by atoms with Crippen molar-refractivity contribution in [2.75, 3.05) is 58.1 Å². The number of benzene rings is 4. The van der Waals surface area contributed by atoms with Gasteiger partial charge in [-0.1, -0.05) is 119 Å². The number of piperidine rings is 1. The topological polar surface area (TPSA) is 229 Å². The van der Waals surface area contributed by atoms with Gasteiger partial charge in [-0.05, 0) is 261 Å². The highest BCUT2D eigenvalue weighted by molar-refractivity contribution is 8.76. The van der Waals surface area contributed by atoms with E-state index >= 15 is 0 Å². The molecule has 8 aliphatic rings. The van der Waals surface area contributed by atoms with Crippen LogP contribution in [0.3, 0.4) is 0 Å². The lowest BCUT2D eigenvalue weighted by atomic mass is 9.52. The summed E-state index contributed by atoms with van der Waals surface area (Å²) in [5, 5.41) is 52.5. The highest BCUT2D eigenvalue weighted by atomic mass is 33.1. The summed E-state index contributed by atoms with van der Waals surface area (Å²) in [6.45, 7) is 5.80. The number of ether oxygens (including phenoxy) is 1. The van der Waals surface area contributed by atoms with Gasteiger partial charge in [0, 0.05) is 50.1 Å². The monoisotopic (exact) mass is 1310 g/mol. The van der Waals surface area contributed by atoms with Crippen LogP contribution in [-0.4, -0.2) is 115 Å². The Bertz CT molecular complexity index is 3400. The number of phenolic OH excluding ortho intramolecular Hbond substituents is 1. The molecule has 4 aromatic rings. The molecule has 14 nitrogen and oxygen atoms in total. The van der Waals surface area contributed by atoms with Gasteiger partial charge in [-0.2, -0.15) is 0 Å². The second-order valence-electron chi connectivity index (χ2n) is 29.4. The van der Waals surface area contributed by atoms with Crippen LogP contribution in [0, 0.1) is 64.1 Å². The molecule has 0 aromatic heterocycles. The average molecular weight is 1310 g/mol. The van der Waals surface area contributed by atoms with E-state index in [4.69, 9.17) is 16.2 Å². The number of carbonyl (C=O) groups is 2.